The summed E-state index contributed by atoms with van der Waals surface area (Å²) in [6.07, 6.45) is 8.18. The Labute approximate surface area is 183 Å². The summed E-state index contributed by atoms with van der Waals surface area (Å²) in [6.45, 7) is 0. The maximum Gasteiger partial charge on any atom is 0.159 e. The summed E-state index contributed by atoms with van der Waals surface area (Å²) in [4.78, 5) is 15.4. The second-order valence-corrected chi connectivity index (χ2v) is 9.12. The number of nitrogens with zero attached hydrogens (tertiary/aromatic N) is 5. The minimum absolute atomic E-state index is 0.295. The van der Waals surface area contributed by atoms with Crippen LogP contribution in [0.2, 0.25) is 10.2 Å². The van der Waals surface area contributed by atoms with Crippen molar-refractivity contribution in [2.24, 2.45) is 12.8 Å². The summed E-state index contributed by atoms with van der Waals surface area (Å²) in [5.74, 6) is 0.923. The molecule has 0 saturated carbocycles. The smallest absolute Gasteiger partial charge is 0.159 e. The van der Waals surface area contributed by atoms with Gasteiger partial charge in [-0.3, -0.25) is 4.68 Å². The molecular weight excluding hydrogens is 421 g/mol. The van der Waals surface area contributed by atoms with Crippen LogP contribution >= 0.6 is 23.2 Å². The fraction of sp³-hybridized carbons (Fsp3) is 0.381. The summed E-state index contributed by atoms with van der Waals surface area (Å²) < 4.78 is 1.63. The zero-order valence-corrected chi connectivity index (χ0v) is 18.0. The second-order valence-electron chi connectivity index (χ2n) is 8.39. The van der Waals surface area contributed by atoms with E-state index in [1.807, 2.05) is 24.5 Å². The summed E-state index contributed by atoms with van der Waals surface area (Å²) in [6, 6.07) is 5.11. The molecule has 2 aliphatic heterocycles. The Morgan fingerprint density at radius 2 is 1.90 bits per heavy atom. The number of aryl methyl sites for hydroxylation is 1. The van der Waals surface area contributed by atoms with Gasteiger partial charge in [-0.2, -0.15) is 5.10 Å². The van der Waals surface area contributed by atoms with Gasteiger partial charge in [0.25, 0.3) is 0 Å². The number of aromatic amines is 1. The van der Waals surface area contributed by atoms with Crippen LogP contribution in [0, 0.1) is 0 Å². The van der Waals surface area contributed by atoms with Gasteiger partial charge in [0.2, 0.25) is 0 Å². The quantitative estimate of drug-likeness (QED) is 0.484. The number of halogens is 2. The van der Waals surface area contributed by atoms with Crippen molar-refractivity contribution in [3.05, 3.63) is 34.7 Å². The lowest BCUT2D eigenvalue weighted by Gasteiger charge is -2.38. The number of H-pyrrole nitrogens is 1. The van der Waals surface area contributed by atoms with Crippen LogP contribution in [0.15, 0.2) is 24.5 Å². The SMILES string of the molecule is Cn1nc2ccc(-c3c[nH]c4nc(N5[C@@H]6CC[C@H]5C[C@H](N)C6)cnc34)c(Cl)c2c1Cl. The van der Waals surface area contributed by atoms with Crippen LogP contribution in [-0.2, 0) is 7.05 Å². The molecule has 2 fully saturated rings. The third kappa shape index (κ3) is 2.58. The molecule has 2 bridgehead atoms. The average molecular weight is 442 g/mol. The van der Waals surface area contributed by atoms with Crippen molar-refractivity contribution in [1.29, 1.82) is 0 Å². The molecule has 0 unspecified atom stereocenters. The minimum Gasteiger partial charge on any atom is -0.349 e. The number of piperidine rings is 1. The standard InChI is InChI=1S/C21H21Cl2N7/c1-29-20(23)17-15(28-29)5-4-13(18(17)22)14-8-26-21-19(14)25-9-16(27-21)30-11-2-3-12(30)7-10(24)6-11/h4-5,8-12H,2-3,6-7,24H2,1H3,(H,26,27)/t10-,11-,12+. The van der Waals surface area contributed by atoms with Gasteiger partial charge in [-0.25, -0.2) is 9.97 Å². The molecule has 6 rings (SSSR count). The lowest BCUT2D eigenvalue weighted by atomic mass is 9.98. The van der Waals surface area contributed by atoms with Gasteiger partial charge in [-0.05, 0) is 31.7 Å². The number of hydrogen-bond acceptors (Lipinski definition) is 5. The van der Waals surface area contributed by atoms with Crippen molar-refractivity contribution in [3.63, 3.8) is 0 Å². The van der Waals surface area contributed by atoms with Crippen molar-refractivity contribution >= 4 is 51.1 Å². The molecule has 7 nitrogen and oxygen atoms in total. The topological polar surface area (TPSA) is 88.7 Å². The largest absolute Gasteiger partial charge is 0.349 e. The summed E-state index contributed by atoms with van der Waals surface area (Å²) in [7, 11) is 1.80. The first-order valence-electron chi connectivity index (χ1n) is 10.2. The van der Waals surface area contributed by atoms with E-state index in [1.165, 1.54) is 12.8 Å². The molecule has 30 heavy (non-hydrogen) atoms. The molecule has 5 heterocycles. The number of aromatic nitrogens is 5. The number of nitrogens with two attached hydrogens (primary N) is 1. The highest BCUT2D eigenvalue weighted by atomic mass is 35.5. The molecule has 3 N–H and O–H groups in total. The van der Waals surface area contributed by atoms with E-state index >= 15 is 0 Å². The zero-order chi connectivity index (χ0) is 20.6. The molecule has 0 aliphatic carbocycles. The van der Waals surface area contributed by atoms with Crippen LogP contribution in [0.25, 0.3) is 33.2 Å². The fourth-order valence-electron chi connectivity index (χ4n) is 5.23. The van der Waals surface area contributed by atoms with Crippen LogP contribution in [0.1, 0.15) is 25.7 Å². The van der Waals surface area contributed by atoms with Gasteiger partial charge < -0.3 is 15.6 Å². The molecule has 3 aromatic heterocycles. The highest BCUT2D eigenvalue weighted by molar-refractivity contribution is 6.43. The summed E-state index contributed by atoms with van der Waals surface area (Å²) >= 11 is 13.2. The van der Waals surface area contributed by atoms with Crippen LogP contribution in [0.4, 0.5) is 5.82 Å². The van der Waals surface area contributed by atoms with Crippen molar-refractivity contribution < 1.29 is 0 Å². The van der Waals surface area contributed by atoms with Gasteiger partial charge in [-0.1, -0.05) is 29.3 Å². The maximum atomic E-state index is 6.75. The molecule has 2 saturated heterocycles. The van der Waals surface area contributed by atoms with E-state index < -0.39 is 0 Å². The van der Waals surface area contributed by atoms with Crippen LogP contribution < -0.4 is 10.6 Å². The van der Waals surface area contributed by atoms with Crippen LogP contribution in [0.3, 0.4) is 0 Å². The number of benzene rings is 1. The van der Waals surface area contributed by atoms with E-state index in [1.54, 1.807) is 11.7 Å². The van der Waals surface area contributed by atoms with Crippen LogP contribution in [0.5, 0.6) is 0 Å². The van der Waals surface area contributed by atoms with Crippen molar-refractivity contribution in [2.75, 3.05) is 4.90 Å². The second kappa shape index (κ2) is 6.57. The molecule has 0 amide bonds. The molecule has 1 aromatic carbocycles. The van der Waals surface area contributed by atoms with Crippen molar-refractivity contribution in [1.82, 2.24) is 24.7 Å². The third-order valence-electron chi connectivity index (χ3n) is 6.56. The van der Waals surface area contributed by atoms with Gasteiger partial charge >= 0.3 is 0 Å². The highest BCUT2D eigenvalue weighted by Gasteiger charge is 2.40. The molecule has 0 radical (unpaired) electrons. The first kappa shape index (κ1) is 18.4. The minimum atomic E-state index is 0.295. The van der Waals surface area contributed by atoms with Gasteiger partial charge in [0.15, 0.2) is 5.65 Å². The molecule has 2 aliphatic rings. The zero-order valence-electron chi connectivity index (χ0n) is 16.4. The van der Waals surface area contributed by atoms with E-state index in [0.29, 0.717) is 28.3 Å². The Balaban J connectivity index is 1.44. The Morgan fingerprint density at radius 3 is 2.67 bits per heavy atom. The van der Waals surface area contributed by atoms with Gasteiger partial charge in [0.05, 0.1) is 22.1 Å². The maximum absolute atomic E-state index is 6.75. The van der Waals surface area contributed by atoms with Gasteiger partial charge in [-0.15, -0.1) is 0 Å². The average Bonchev–Trinajstić information content (AvgIpc) is 3.35. The summed E-state index contributed by atoms with van der Waals surface area (Å²) in [5.41, 5.74) is 10.3. The Hall–Kier alpha value is -2.35. The Morgan fingerprint density at radius 1 is 1.13 bits per heavy atom. The number of fused-ring (bicyclic) bond motifs is 4. The molecular formula is C21H21Cl2N7. The van der Waals surface area contributed by atoms with E-state index in [2.05, 4.69) is 15.0 Å². The Bertz CT molecular complexity index is 1280. The molecule has 0 spiro atoms. The number of anilines is 1. The highest BCUT2D eigenvalue weighted by Crippen LogP contribution is 2.41. The fourth-order valence-corrected chi connectivity index (χ4v) is 5.86. The van der Waals surface area contributed by atoms with Gasteiger partial charge in [0.1, 0.15) is 16.5 Å². The molecule has 9 heteroatoms. The molecule has 4 aromatic rings. The van der Waals surface area contributed by atoms with E-state index in [-0.39, 0.29) is 0 Å². The normalized spacial score (nSPS) is 23.7. The monoisotopic (exact) mass is 441 g/mol. The predicted molar refractivity (Wildman–Crippen MR) is 120 cm³/mol. The van der Waals surface area contributed by atoms with E-state index in [4.69, 9.17) is 38.9 Å². The Kier molecular flexibility index (Phi) is 4.04. The number of rotatable bonds is 2. The summed E-state index contributed by atoms with van der Waals surface area (Å²) in [5, 5.41) is 6.23. The van der Waals surface area contributed by atoms with Gasteiger partial charge in [0, 0.05) is 42.5 Å². The molecule has 154 valence electrons. The van der Waals surface area contributed by atoms with Crippen molar-refractivity contribution in [2.45, 2.75) is 43.8 Å². The number of nitrogens with one attached hydrogen (secondary N) is 1. The van der Waals surface area contributed by atoms with Crippen molar-refractivity contribution in [3.8, 4) is 11.1 Å². The first-order valence-corrected chi connectivity index (χ1v) is 11.0. The van der Waals surface area contributed by atoms with Crippen LogP contribution in [-0.4, -0.2) is 42.9 Å². The third-order valence-corrected chi connectivity index (χ3v) is 7.39. The van der Waals surface area contributed by atoms with E-state index in [9.17, 15) is 0 Å². The van der Waals surface area contributed by atoms with E-state index in [0.717, 1.165) is 51.9 Å². The lowest BCUT2D eigenvalue weighted by molar-refractivity contribution is 0.412. The predicted octanol–water partition coefficient (Wildman–Crippen LogP) is 4.28. The lowest BCUT2D eigenvalue weighted by Crippen LogP contribution is -2.47. The first-order chi connectivity index (χ1) is 14.5. The number of hydrogen-bond donors (Lipinski definition) is 2. The molecule has 3 atom stereocenters.